The van der Waals surface area contributed by atoms with Crippen LogP contribution in [0.5, 0.6) is 0 Å². The van der Waals surface area contributed by atoms with Crippen molar-refractivity contribution in [3.8, 4) is 0 Å². The molecule has 1 spiro atoms. The topological polar surface area (TPSA) is 92.5 Å². The highest BCUT2D eigenvalue weighted by atomic mass is 16.2. The summed E-state index contributed by atoms with van der Waals surface area (Å²) in [6, 6.07) is 0. The first-order valence-electron chi connectivity index (χ1n) is 5.77. The Morgan fingerprint density at radius 1 is 1.53 bits per heavy atom. The lowest BCUT2D eigenvalue weighted by Gasteiger charge is -2.44. The molecular weight excluding hydrogens is 222 g/mol. The lowest BCUT2D eigenvalue weighted by Crippen LogP contribution is -2.71. The zero-order valence-electron chi connectivity index (χ0n) is 10.0. The first kappa shape index (κ1) is 11.9. The number of carbonyl (C=O) groups excluding carboxylic acids is 3. The molecular formula is C11H17N3O3. The molecule has 2 saturated heterocycles. The van der Waals surface area contributed by atoms with E-state index in [1.807, 2.05) is 0 Å². The van der Waals surface area contributed by atoms with Crippen molar-refractivity contribution in [3.05, 3.63) is 0 Å². The molecule has 0 aromatic carbocycles. The van der Waals surface area contributed by atoms with Crippen LogP contribution in [-0.4, -0.2) is 41.2 Å². The Kier molecular flexibility index (Phi) is 2.60. The number of amides is 3. The minimum Gasteiger partial charge on any atom is -0.369 e. The molecule has 94 valence electrons. The quantitative estimate of drug-likeness (QED) is 0.596. The summed E-state index contributed by atoms with van der Waals surface area (Å²) in [4.78, 5) is 36.5. The maximum Gasteiger partial charge on any atom is 0.247 e. The van der Waals surface area contributed by atoms with Gasteiger partial charge in [0.05, 0.1) is 12.5 Å². The van der Waals surface area contributed by atoms with Crippen LogP contribution in [0.25, 0.3) is 0 Å². The van der Waals surface area contributed by atoms with E-state index in [0.29, 0.717) is 13.0 Å². The number of likely N-dealkylation sites (tertiary alicyclic amines) is 1. The third-order valence-corrected chi connectivity index (χ3v) is 3.63. The van der Waals surface area contributed by atoms with Crippen LogP contribution in [0.15, 0.2) is 0 Å². The predicted octanol–water partition coefficient (Wildman–Crippen LogP) is -1.16. The van der Waals surface area contributed by atoms with E-state index in [2.05, 4.69) is 5.32 Å². The van der Waals surface area contributed by atoms with E-state index < -0.39 is 17.4 Å². The molecule has 2 aliphatic rings. The maximum atomic E-state index is 12.1. The number of hydrogen-bond acceptors (Lipinski definition) is 3. The third-order valence-electron chi connectivity index (χ3n) is 3.63. The summed E-state index contributed by atoms with van der Waals surface area (Å²) >= 11 is 0. The van der Waals surface area contributed by atoms with Gasteiger partial charge in [-0.2, -0.15) is 0 Å². The van der Waals surface area contributed by atoms with E-state index >= 15 is 0 Å². The van der Waals surface area contributed by atoms with E-state index in [1.165, 1.54) is 4.90 Å². The normalized spacial score (nSPS) is 31.6. The average molecular weight is 239 g/mol. The first-order valence-corrected chi connectivity index (χ1v) is 5.77. The second-order valence-electron chi connectivity index (χ2n) is 5.12. The van der Waals surface area contributed by atoms with E-state index in [9.17, 15) is 14.4 Å². The lowest BCUT2D eigenvalue weighted by atomic mass is 9.85. The predicted molar refractivity (Wildman–Crippen MR) is 59.6 cm³/mol. The Morgan fingerprint density at radius 2 is 2.18 bits per heavy atom. The lowest BCUT2D eigenvalue weighted by molar-refractivity contribution is -0.153. The molecule has 2 aliphatic heterocycles. The third kappa shape index (κ3) is 1.59. The zero-order valence-corrected chi connectivity index (χ0v) is 10.0. The van der Waals surface area contributed by atoms with Gasteiger partial charge in [-0.3, -0.25) is 14.4 Å². The van der Waals surface area contributed by atoms with Crippen molar-refractivity contribution in [2.24, 2.45) is 17.6 Å². The summed E-state index contributed by atoms with van der Waals surface area (Å²) in [6.45, 7) is 4.25. The Balaban J connectivity index is 2.26. The average Bonchev–Trinajstić information content (AvgIpc) is 2.68. The van der Waals surface area contributed by atoms with Gasteiger partial charge in [0, 0.05) is 12.5 Å². The van der Waals surface area contributed by atoms with Crippen LogP contribution in [0, 0.1) is 11.8 Å². The molecule has 0 aromatic heterocycles. The molecule has 2 heterocycles. The fourth-order valence-electron chi connectivity index (χ4n) is 2.53. The number of β-lactam (4-membered cyclic amide) rings is 1. The van der Waals surface area contributed by atoms with Crippen LogP contribution in [-0.2, 0) is 14.4 Å². The molecule has 17 heavy (non-hydrogen) atoms. The summed E-state index contributed by atoms with van der Waals surface area (Å²) in [5.41, 5.74) is 4.45. The molecule has 0 aliphatic carbocycles. The molecule has 0 saturated carbocycles. The number of nitrogens with two attached hydrogens (primary N) is 1. The van der Waals surface area contributed by atoms with E-state index in [4.69, 9.17) is 5.73 Å². The van der Waals surface area contributed by atoms with Crippen LogP contribution in [0.4, 0.5) is 0 Å². The molecule has 2 atom stereocenters. The molecule has 0 aromatic rings. The number of nitrogens with zero attached hydrogens (tertiary/aromatic N) is 1. The molecule has 1 unspecified atom stereocenters. The highest BCUT2D eigenvalue weighted by Gasteiger charge is 2.59. The smallest absolute Gasteiger partial charge is 0.247 e. The second-order valence-corrected chi connectivity index (χ2v) is 5.12. The summed E-state index contributed by atoms with van der Waals surface area (Å²) in [5.74, 6) is -1.31. The van der Waals surface area contributed by atoms with Gasteiger partial charge in [0.25, 0.3) is 0 Å². The Hall–Kier alpha value is -1.59. The van der Waals surface area contributed by atoms with Crippen molar-refractivity contribution < 1.29 is 14.4 Å². The molecule has 2 fully saturated rings. The van der Waals surface area contributed by atoms with Gasteiger partial charge < -0.3 is 16.0 Å². The van der Waals surface area contributed by atoms with Crippen LogP contribution in [0.2, 0.25) is 0 Å². The highest BCUT2D eigenvalue weighted by molar-refractivity contribution is 5.98. The van der Waals surface area contributed by atoms with Crippen molar-refractivity contribution >= 4 is 17.7 Å². The molecule has 6 heteroatoms. The molecule has 0 radical (unpaired) electrons. The van der Waals surface area contributed by atoms with Gasteiger partial charge >= 0.3 is 0 Å². The number of nitrogens with one attached hydrogen (secondary N) is 1. The molecule has 3 N–H and O–H groups in total. The zero-order chi connectivity index (χ0) is 12.8. The molecule has 0 bridgehead atoms. The minimum atomic E-state index is -0.818. The van der Waals surface area contributed by atoms with Gasteiger partial charge in [-0.15, -0.1) is 0 Å². The highest BCUT2D eigenvalue weighted by Crippen LogP contribution is 2.38. The largest absolute Gasteiger partial charge is 0.369 e. The van der Waals surface area contributed by atoms with E-state index in [0.717, 1.165) is 0 Å². The summed E-state index contributed by atoms with van der Waals surface area (Å²) in [5, 5.41) is 2.64. The monoisotopic (exact) mass is 239 g/mol. The maximum absolute atomic E-state index is 12.1. The molecule has 3 amide bonds. The van der Waals surface area contributed by atoms with Gasteiger partial charge in [0.2, 0.25) is 17.7 Å². The summed E-state index contributed by atoms with van der Waals surface area (Å²) in [7, 11) is 0. The number of hydrogen-bond donors (Lipinski definition) is 2. The van der Waals surface area contributed by atoms with Crippen molar-refractivity contribution in [1.82, 2.24) is 10.2 Å². The van der Waals surface area contributed by atoms with E-state index in [1.54, 1.807) is 13.8 Å². The van der Waals surface area contributed by atoms with Crippen molar-refractivity contribution in [1.29, 1.82) is 0 Å². The van der Waals surface area contributed by atoms with Crippen molar-refractivity contribution in [2.75, 3.05) is 13.1 Å². The standard InChI is InChI=1S/C11H17N3O3/c1-6(2)9(16)14-4-7(8(12)15)3-11(14)5-13-10(11)17/h6-7H,3-5H2,1-2H3,(H2,12,15)(H,13,17)/t7-,11?/m0/s1. The van der Waals surface area contributed by atoms with Gasteiger partial charge in [0.1, 0.15) is 5.54 Å². The molecule has 2 rings (SSSR count). The van der Waals surface area contributed by atoms with Crippen LogP contribution in [0.3, 0.4) is 0 Å². The number of rotatable bonds is 2. The fraction of sp³-hybridized carbons (Fsp3) is 0.727. The van der Waals surface area contributed by atoms with Crippen LogP contribution < -0.4 is 11.1 Å². The van der Waals surface area contributed by atoms with Gasteiger partial charge in [-0.05, 0) is 6.42 Å². The van der Waals surface area contributed by atoms with Gasteiger partial charge in [-0.25, -0.2) is 0 Å². The minimum absolute atomic E-state index is 0.0939. The fourth-order valence-corrected chi connectivity index (χ4v) is 2.53. The Morgan fingerprint density at radius 3 is 2.53 bits per heavy atom. The summed E-state index contributed by atoms with van der Waals surface area (Å²) in [6.07, 6.45) is 0.354. The van der Waals surface area contributed by atoms with E-state index in [-0.39, 0.29) is 24.3 Å². The van der Waals surface area contributed by atoms with Gasteiger partial charge in [-0.1, -0.05) is 13.8 Å². The number of primary amides is 1. The SMILES string of the molecule is CC(C)C(=O)N1C[C@@H](C(N)=O)CC12CNC2=O. The number of carbonyl (C=O) groups is 3. The van der Waals surface area contributed by atoms with Crippen LogP contribution >= 0.6 is 0 Å². The van der Waals surface area contributed by atoms with Crippen LogP contribution in [0.1, 0.15) is 20.3 Å². The Bertz CT molecular complexity index is 393. The van der Waals surface area contributed by atoms with Gasteiger partial charge in [0.15, 0.2) is 0 Å². The Labute approximate surface area is 99.5 Å². The first-order chi connectivity index (χ1) is 7.88. The summed E-state index contributed by atoms with van der Waals surface area (Å²) < 4.78 is 0. The van der Waals surface area contributed by atoms with Crippen molar-refractivity contribution in [3.63, 3.8) is 0 Å². The second kappa shape index (κ2) is 3.72. The van der Waals surface area contributed by atoms with Crippen molar-refractivity contribution in [2.45, 2.75) is 25.8 Å². The molecule has 6 nitrogen and oxygen atoms in total.